The fourth-order valence-electron chi connectivity index (χ4n) is 2.51. The Morgan fingerprint density at radius 3 is 2.48 bits per heavy atom. The zero-order valence-corrected chi connectivity index (χ0v) is 17.7. The largest absolute Gasteiger partial charge is 0.491 e. The minimum atomic E-state index is -1.02. The molecule has 0 aliphatic rings. The first kappa shape index (κ1) is 23.3. The minimum absolute atomic E-state index is 0.00745. The molecule has 0 unspecified atom stereocenters. The van der Waals surface area contributed by atoms with E-state index in [1.807, 2.05) is 0 Å². The first-order valence-electron chi connectivity index (χ1n) is 9.10. The van der Waals surface area contributed by atoms with Gasteiger partial charge in [-0.2, -0.15) is 0 Å². The molecule has 0 bridgehead atoms. The molecular formula is C21H24Cl2O6. The Labute approximate surface area is 179 Å². The molecule has 0 radical (unpaired) electrons. The number of ether oxygens (including phenoxy) is 3. The van der Waals surface area contributed by atoms with Gasteiger partial charge in [-0.1, -0.05) is 35.3 Å². The van der Waals surface area contributed by atoms with E-state index in [9.17, 15) is 15.0 Å². The Balaban J connectivity index is 1.87. The van der Waals surface area contributed by atoms with Crippen LogP contribution in [0.2, 0.25) is 10.0 Å². The molecule has 8 heteroatoms. The topological polar surface area (TPSA) is 85.2 Å². The van der Waals surface area contributed by atoms with Gasteiger partial charge in [0.05, 0.1) is 11.1 Å². The quantitative estimate of drug-likeness (QED) is 0.541. The van der Waals surface area contributed by atoms with Gasteiger partial charge in [-0.3, -0.25) is 0 Å². The molecule has 0 fully saturated rings. The van der Waals surface area contributed by atoms with Crippen molar-refractivity contribution in [3.8, 4) is 11.5 Å². The first-order valence-corrected chi connectivity index (χ1v) is 9.86. The number of carboxylic acids is 1. The number of halogens is 2. The van der Waals surface area contributed by atoms with E-state index in [1.54, 1.807) is 56.3 Å². The third-order valence-corrected chi connectivity index (χ3v) is 4.35. The van der Waals surface area contributed by atoms with Crippen molar-refractivity contribution in [1.29, 1.82) is 0 Å². The highest BCUT2D eigenvalue weighted by molar-refractivity contribution is 6.34. The monoisotopic (exact) mass is 442 g/mol. The highest BCUT2D eigenvalue weighted by Crippen LogP contribution is 2.27. The average Bonchev–Trinajstić information content (AvgIpc) is 2.66. The molecule has 29 heavy (non-hydrogen) atoms. The summed E-state index contributed by atoms with van der Waals surface area (Å²) >= 11 is 11.9. The normalized spacial score (nSPS) is 13.2. The molecule has 0 aliphatic heterocycles. The number of aliphatic hydroxyl groups is 1. The van der Waals surface area contributed by atoms with Crippen LogP contribution in [-0.4, -0.2) is 47.7 Å². The lowest BCUT2D eigenvalue weighted by molar-refractivity contribution is -0.153. The number of carboxylic acid groups (broad SMARTS) is 1. The summed E-state index contributed by atoms with van der Waals surface area (Å²) < 4.78 is 16.5. The SMILES string of the molecule is CC(C)O[C@@H](Cc1cccc(OC[C@@H](O)COc2cc(Cl)ccc2Cl)c1)C(=O)O. The fraction of sp³-hybridized carbons (Fsp3) is 0.381. The van der Waals surface area contributed by atoms with Crippen LogP contribution in [0.15, 0.2) is 42.5 Å². The van der Waals surface area contributed by atoms with Gasteiger partial charge in [-0.05, 0) is 43.7 Å². The van der Waals surface area contributed by atoms with Gasteiger partial charge in [0.25, 0.3) is 0 Å². The minimum Gasteiger partial charge on any atom is -0.491 e. The summed E-state index contributed by atoms with van der Waals surface area (Å²) in [6, 6.07) is 11.8. The van der Waals surface area contributed by atoms with Crippen LogP contribution >= 0.6 is 23.2 Å². The van der Waals surface area contributed by atoms with Crippen molar-refractivity contribution in [2.45, 2.75) is 38.6 Å². The highest BCUT2D eigenvalue weighted by atomic mass is 35.5. The van der Waals surface area contributed by atoms with Crippen molar-refractivity contribution >= 4 is 29.2 Å². The summed E-state index contributed by atoms with van der Waals surface area (Å²) in [6.07, 6.45) is -1.82. The number of hydrogen-bond donors (Lipinski definition) is 2. The van der Waals surface area contributed by atoms with E-state index in [0.29, 0.717) is 21.5 Å². The van der Waals surface area contributed by atoms with E-state index < -0.39 is 18.2 Å². The van der Waals surface area contributed by atoms with Gasteiger partial charge in [-0.15, -0.1) is 0 Å². The molecule has 0 amide bonds. The second-order valence-electron chi connectivity index (χ2n) is 6.71. The van der Waals surface area contributed by atoms with Gasteiger partial charge in [-0.25, -0.2) is 4.79 Å². The molecular weight excluding hydrogens is 419 g/mol. The Morgan fingerprint density at radius 1 is 1.07 bits per heavy atom. The molecule has 6 nitrogen and oxygen atoms in total. The van der Waals surface area contributed by atoms with Gasteiger partial charge in [0, 0.05) is 17.5 Å². The van der Waals surface area contributed by atoms with Gasteiger partial charge in [0.15, 0.2) is 6.10 Å². The van der Waals surface area contributed by atoms with Crippen LogP contribution in [0, 0.1) is 0 Å². The van der Waals surface area contributed by atoms with Gasteiger partial charge in [0.2, 0.25) is 0 Å². The van der Waals surface area contributed by atoms with Crippen LogP contribution in [0.5, 0.6) is 11.5 Å². The molecule has 0 spiro atoms. The molecule has 0 aromatic heterocycles. The fourth-order valence-corrected chi connectivity index (χ4v) is 2.85. The summed E-state index contributed by atoms with van der Waals surface area (Å²) in [5.41, 5.74) is 0.756. The van der Waals surface area contributed by atoms with Crippen LogP contribution in [0.4, 0.5) is 0 Å². The Bertz CT molecular complexity index is 812. The van der Waals surface area contributed by atoms with Crippen molar-refractivity contribution in [3.63, 3.8) is 0 Å². The smallest absolute Gasteiger partial charge is 0.333 e. The molecule has 2 aromatic rings. The molecule has 2 rings (SSSR count). The molecule has 2 atom stereocenters. The number of aliphatic hydroxyl groups excluding tert-OH is 1. The Hall–Kier alpha value is -1.99. The zero-order valence-electron chi connectivity index (χ0n) is 16.2. The maximum absolute atomic E-state index is 11.4. The summed E-state index contributed by atoms with van der Waals surface area (Å²) in [4.78, 5) is 11.4. The maximum Gasteiger partial charge on any atom is 0.333 e. The van der Waals surface area contributed by atoms with Crippen LogP contribution < -0.4 is 9.47 Å². The second-order valence-corrected chi connectivity index (χ2v) is 7.56. The van der Waals surface area contributed by atoms with Crippen molar-refractivity contribution in [2.24, 2.45) is 0 Å². The number of rotatable bonds is 11. The summed E-state index contributed by atoms with van der Waals surface area (Å²) in [5, 5.41) is 20.3. The summed E-state index contributed by atoms with van der Waals surface area (Å²) in [5.74, 6) is -0.127. The summed E-state index contributed by atoms with van der Waals surface area (Å²) in [7, 11) is 0. The van der Waals surface area contributed by atoms with Gasteiger partial charge < -0.3 is 24.4 Å². The summed E-state index contributed by atoms with van der Waals surface area (Å²) in [6.45, 7) is 3.54. The van der Waals surface area contributed by atoms with Gasteiger partial charge in [0.1, 0.15) is 30.8 Å². The predicted octanol–water partition coefficient (Wildman–Crippen LogP) is 4.23. The zero-order chi connectivity index (χ0) is 21.4. The van der Waals surface area contributed by atoms with Crippen LogP contribution in [0.25, 0.3) is 0 Å². The number of hydrogen-bond acceptors (Lipinski definition) is 5. The van der Waals surface area contributed by atoms with Gasteiger partial charge >= 0.3 is 5.97 Å². The van der Waals surface area contributed by atoms with E-state index >= 15 is 0 Å². The van der Waals surface area contributed by atoms with E-state index in [1.165, 1.54) is 0 Å². The predicted molar refractivity (Wildman–Crippen MR) is 111 cm³/mol. The van der Waals surface area contributed by atoms with E-state index in [4.69, 9.17) is 37.4 Å². The lowest BCUT2D eigenvalue weighted by Crippen LogP contribution is -2.29. The van der Waals surface area contributed by atoms with Crippen LogP contribution in [-0.2, 0) is 16.0 Å². The maximum atomic E-state index is 11.4. The van der Waals surface area contributed by atoms with Crippen LogP contribution in [0.3, 0.4) is 0 Å². The molecule has 158 valence electrons. The van der Waals surface area contributed by atoms with Crippen molar-refractivity contribution in [1.82, 2.24) is 0 Å². The molecule has 2 aromatic carbocycles. The average molecular weight is 443 g/mol. The lowest BCUT2D eigenvalue weighted by Gasteiger charge is -2.17. The third kappa shape index (κ3) is 8.11. The third-order valence-electron chi connectivity index (χ3n) is 3.80. The Kier molecular flexibility index (Phi) is 9.04. The number of carbonyl (C=O) groups is 1. The highest BCUT2D eigenvalue weighted by Gasteiger charge is 2.20. The molecule has 2 N–H and O–H groups in total. The molecule has 0 saturated heterocycles. The van der Waals surface area contributed by atoms with E-state index in [2.05, 4.69) is 0 Å². The van der Waals surface area contributed by atoms with E-state index in [0.717, 1.165) is 5.56 Å². The molecule has 0 heterocycles. The van der Waals surface area contributed by atoms with Crippen LogP contribution in [0.1, 0.15) is 19.4 Å². The van der Waals surface area contributed by atoms with E-state index in [-0.39, 0.29) is 25.7 Å². The second kappa shape index (κ2) is 11.3. The van der Waals surface area contributed by atoms with Crippen molar-refractivity contribution in [3.05, 3.63) is 58.1 Å². The van der Waals surface area contributed by atoms with Crippen molar-refractivity contribution in [2.75, 3.05) is 13.2 Å². The number of aliphatic carboxylic acids is 1. The lowest BCUT2D eigenvalue weighted by atomic mass is 10.1. The standard InChI is InChI=1S/C21H24Cl2O6/c1-13(2)29-20(21(25)26)9-14-4-3-5-17(8-14)27-11-16(24)12-28-19-10-15(22)6-7-18(19)23/h3-8,10,13,16,20,24H,9,11-12H2,1-2H3,(H,25,26)/t16-,20+/m1/s1. The Morgan fingerprint density at radius 2 is 1.79 bits per heavy atom. The number of benzene rings is 2. The molecule has 0 saturated carbocycles. The van der Waals surface area contributed by atoms with Crippen molar-refractivity contribution < 1.29 is 29.2 Å². The molecule has 0 aliphatic carbocycles. The first-order chi connectivity index (χ1) is 13.7.